The minimum absolute atomic E-state index is 0.691. The summed E-state index contributed by atoms with van der Waals surface area (Å²) in [6.07, 6.45) is 3.24. The van der Waals surface area contributed by atoms with E-state index in [1.807, 2.05) is 18.2 Å². The van der Waals surface area contributed by atoms with E-state index in [1.165, 1.54) is 0 Å². The summed E-state index contributed by atoms with van der Waals surface area (Å²) >= 11 is 0. The number of rotatable bonds is 3. The first kappa shape index (κ1) is 9.58. The zero-order valence-electron chi connectivity index (χ0n) is 8.56. The molecule has 4 heteroatoms. The van der Waals surface area contributed by atoms with E-state index < -0.39 is 0 Å². The van der Waals surface area contributed by atoms with Crippen LogP contribution in [0.2, 0.25) is 0 Å². The molecule has 0 radical (unpaired) electrons. The third kappa shape index (κ3) is 1.79. The van der Waals surface area contributed by atoms with Crippen LogP contribution in [-0.4, -0.2) is 19.4 Å². The highest BCUT2D eigenvalue weighted by Crippen LogP contribution is 2.31. The van der Waals surface area contributed by atoms with Crippen LogP contribution in [0, 0.1) is 0 Å². The zero-order valence-corrected chi connectivity index (χ0v) is 8.56. The monoisotopic (exact) mass is 205 g/mol. The molecule has 0 saturated carbocycles. The molecule has 0 bridgehead atoms. The van der Waals surface area contributed by atoms with Crippen LogP contribution in [0.15, 0.2) is 35.2 Å². The third-order valence-corrected chi connectivity index (χ3v) is 2.15. The Morgan fingerprint density at radius 2 is 1.87 bits per heavy atom. The van der Waals surface area contributed by atoms with Gasteiger partial charge in [0.15, 0.2) is 11.5 Å². The third-order valence-electron chi connectivity index (χ3n) is 2.15. The SMILES string of the molecule is COc1ccc(-c2cnoc2)cc1OC. The maximum Gasteiger partial charge on any atom is 0.161 e. The summed E-state index contributed by atoms with van der Waals surface area (Å²) in [7, 11) is 3.21. The van der Waals surface area contributed by atoms with Gasteiger partial charge in [-0.3, -0.25) is 0 Å². The van der Waals surface area contributed by atoms with Gasteiger partial charge in [0.1, 0.15) is 6.26 Å². The Morgan fingerprint density at radius 3 is 2.47 bits per heavy atom. The fraction of sp³-hybridized carbons (Fsp3) is 0.182. The average molecular weight is 205 g/mol. The highest BCUT2D eigenvalue weighted by Gasteiger charge is 2.06. The smallest absolute Gasteiger partial charge is 0.161 e. The van der Waals surface area contributed by atoms with E-state index in [4.69, 9.17) is 14.0 Å². The Hall–Kier alpha value is -1.97. The van der Waals surface area contributed by atoms with E-state index in [1.54, 1.807) is 26.7 Å². The van der Waals surface area contributed by atoms with Gasteiger partial charge < -0.3 is 14.0 Å². The first-order chi connectivity index (χ1) is 7.35. The van der Waals surface area contributed by atoms with E-state index >= 15 is 0 Å². The summed E-state index contributed by atoms with van der Waals surface area (Å²) in [6.45, 7) is 0. The lowest BCUT2D eigenvalue weighted by Gasteiger charge is -2.08. The summed E-state index contributed by atoms with van der Waals surface area (Å²) in [6, 6.07) is 5.65. The first-order valence-electron chi connectivity index (χ1n) is 4.47. The summed E-state index contributed by atoms with van der Waals surface area (Å²) in [5, 5.41) is 3.65. The number of hydrogen-bond donors (Lipinski definition) is 0. The van der Waals surface area contributed by atoms with Crippen molar-refractivity contribution in [2.75, 3.05) is 14.2 Å². The molecule has 0 unspecified atom stereocenters. The van der Waals surface area contributed by atoms with Gasteiger partial charge in [0.2, 0.25) is 0 Å². The number of methoxy groups -OCH3 is 2. The molecule has 0 aliphatic carbocycles. The van der Waals surface area contributed by atoms with Gasteiger partial charge in [0, 0.05) is 5.56 Å². The van der Waals surface area contributed by atoms with E-state index in [-0.39, 0.29) is 0 Å². The minimum Gasteiger partial charge on any atom is -0.493 e. The molecule has 78 valence electrons. The van der Waals surface area contributed by atoms with Crippen molar-refractivity contribution in [3.05, 3.63) is 30.7 Å². The number of aromatic nitrogens is 1. The molecule has 0 aliphatic rings. The minimum atomic E-state index is 0.691. The highest BCUT2D eigenvalue weighted by molar-refractivity contribution is 5.65. The average Bonchev–Trinajstić information content (AvgIpc) is 2.81. The molecule has 2 rings (SSSR count). The Morgan fingerprint density at radius 1 is 1.07 bits per heavy atom. The van der Waals surface area contributed by atoms with Crippen LogP contribution in [-0.2, 0) is 0 Å². The predicted octanol–water partition coefficient (Wildman–Crippen LogP) is 2.36. The quantitative estimate of drug-likeness (QED) is 0.771. The molecule has 1 heterocycles. The molecule has 15 heavy (non-hydrogen) atoms. The first-order valence-corrected chi connectivity index (χ1v) is 4.47. The van der Waals surface area contributed by atoms with Gasteiger partial charge in [-0.05, 0) is 17.7 Å². The van der Waals surface area contributed by atoms with Gasteiger partial charge in [0.25, 0.3) is 0 Å². The largest absolute Gasteiger partial charge is 0.493 e. The second-order valence-electron chi connectivity index (χ2n) is 2.98. The number of nitrogens with zero attached hydrogens (tertiary/aromatic N) is 1. The molecule has 1 aromatic carbocycles. The van der Waals surface area contributed by atoms with E-state index in [9.17, 15) is 0 Å². The zero-order chi connectivity index (χ0) is 10.7. The summed E-state index contributed by atoms with van der Waals surface area (Å²) in [5.41, 5.74) is 1.89. The molecule has 0 spiro atoms. The van der Waals surface area contributed by atoms with Gasteiger partial charge in [0.05, 0.1) is 20.4 Å². The molecule has 0 saturated heterocycles. The molecule has 0 amide bonds. The second-order valence-corrected chi connectivity index (χ2v) is 2.98. The molecule has 1 aromatic heterocycles. The molecule has 4 nitrogen and oxygen atoms in total. The van der Waals surface area contributed by atoms with Crippen LogP contribution >= 0.6 is 0 Å². The molecule has 0 N–H and O–H groups in total. The Balaban J connectivity index is 2.43. The standard InChI is InChI=1S/C11H11NO3/c1-13-10-4-3-8(5-11(10)14-2)9-6-12-15-7-9/h3-7H,1-2H3. The Bertz CT molecular complexity index is 437. The van der Waals surface area contributed by atoms with E-state index in [0.29, 0.717) is 11.5 Å². The van der Waals surface area contributed by atoms with Crippen molar-refractivity contribution < 1.29 is 14.0 Å². The lowest BCUT2D eigenvalue weighted by molar-refractivity contribution is 0.355. The van der Waals surface area contributed by atoms with Gasteiger partial charge in [-0.2, -0.15) is 0 Å². The summed E-state index contributed by atoms with van der Waals surface area (Å²) in [4.78, 5) is 0. The highest BCUT2D eigenvalue weighted by atomic mass is 16.5. The van der Waals surface area contributed by atoms with Crippen LogP contribution in [0.3, 0.4) is 0 Å². The molecular weight excluding hydrogens is 194 g/mol. The van der Waals surface area contributed by atoms with Gasteiger partial charge in [-0.15, -0.1) is 0 Å². The van der Waals surface area contributed by atoms with Crippen LogP contribution in [0.1, 0.15) is 0 Å². The van der Waals surface area contributed by atoms with Crippen LogP contribution in [0.25, 0.3) is 11.1 Å². The second kappa shape index (κ2) is 4.04. The molecule has 0 aliphatic heterocycles. The van der Waals surface area contributed by atoms with Gasteiger partial charge in [-0.1, -0.05) is 11.2 Å². The van der Waals surface area contributed by atoms with Crippen molar-refractivity contribution in [3.63, 3.8) is 0 Å². The van der Waals surface area contributed by atoms with Crippen LogP contribution < -0.4 is 9.47 Å². The lowest BCUT2D eigenvalue weighted by Crippen LogP contribution is -1.90. The molecular formula is C11H11NO3. The topological polar surface area (TPSA) is 44.5 Å². The van der Waals surface area contributed by atoms with Gasteiger partial charge >= 0.3 is 0 Å². The van der Waals surface area contributed by atoms with Crippen molar-refractivity contribution >= 4 is 0 Å². The van der Waals surface area contributed by atoms with Gasteiger partial charge in [-0.25, -0.2) is 0 Å². The fourth-order valence-corrected chi connectivity index (χ4v) is 1.36. The van der Waals surface area contributed by atoms with E-state index in [2.05, 4.69) is 5.16 Å². The van der Waals surface area contributed by atoms with Crippen molar-refractivity contribution in [3.8, 4) is 22.6 Å². The van der Waals surface area contributed by atoms with E-state index in [0.717, 1.165) is 11.1 Å². The number of benzene rings is 1. The molecule has 0 fully saturated rings. The fourth-order valence-electron chi connectivity index (χ4n) is 1.36. The normalized spacial score (nSPS) is 10.0. The predicted molar refractivity (Wildman–Crippen MR) is 55.0 cm³/mol. The van der Waals surface area contributed by atoms with Crippen molar-refractivity contribution in [1.82, 2.24) is 5.16 Å². The lowest BCUT2D eigenvalue weighted by atomic mass is 10.1. The Kier molecular flexibility index (Phi) is 2.58. The Labute approximate surface area is 87.4 Å². The molecule has 2 aromatic rings. The summed E-state index contributed by atoms with van der Waals surface area (Å²) in [5.74, 6) is 1.40. The number of hydrogen-bond acceptors (Lipinski definition) is 4. The van der Waals surface area contributed by atoms with Crippen molar-refractivity contribution in [1.29, 1.82) is 0 Å². The van der Waals surface area contributed by atoms with Crippen LogP contribution in [0.5, 0.6) is 11.5 Å². The van der Waals surface area contributed by atoms with Crippen molar-refractivity contribution in [2.24, 2.45) is 0 Å². The van der Waals surface area contributed by atoms with Crippen molar-refractivity contribution in [2.45, 2.75) is 0 Å². The number of ether oxygens (including phenoxy) is 2. The van der Waals surface area contributed by atoms with Crippen LogP contribution in [0.4, 0.5) is 0 Å². The molecule has 0 atom stereocenters. The summed E-state index contributed by atoms with van der Waals surface area (Å²) < 4.78 is 15.1. The maximum absolute atomic E-state index is 5.20. The maximum atomic E-state index is 5.20.